The van der Waals surface area contributed by atoms with Crippen LogP contribution in [0.1, 0.15) is 56.7 Å². The van der Waals surface area contributed by atoms with Crippen molar-refractivity contribution in [1.82, 2.24) is 0 Å². The van der Waals surface area contributed by atoms with Crippen LogP contribution in [0.25, 0.3) is 6.08 Å². The van der Waals surface area contributed by atoms with Gasteiger partial charge in [0.2, 0.25) is 0 Å². The molecule has 0 amide bonds. The lowest BCUT2D eigenvalue weighted by molar-refractivity contribution is 0.309. The highest BCUT2D eigenvalue weighted by atomic mass is 16.5. The maximum absolute atomic E-state index is 5.77. The highest BCUT2D eigenvalue weighted by Gasteiger charge is 1.98. The van der Waals surface area contributed by atoms with E-state index in [-0.39, 0.29) is 0 Å². The number of benzene rings is 2. The molecule has 0 aromatic heterocycles. The van der Waals surface area contributed by atoms with Crippen LogP contribution in [0.5, 0.6) is 5.75 Å². The van der Waals surface area contributed by atoms with Crippen molar-refractivity contribution in [2.24, 2.45) is 5.92 Å². The highest BCUT2D eigenvalue weighted by molar-refractivity contribution is 5.51. The van der Waals surface area contributed by atoms with Crippen molar-refractivity contribution >= 4 is 6.08 Å². The molecule has 0 radical (unpaired) electrons. The molecule has 2 rings (SSSR count). The first-order valence-corrected chi connectivity index (χ1v) is 9.64. The van der Waals surface area contributed by atoms with Gasteiger partial charge in [-0.15, -0.1) is 0 Å². The Balaban J connectivity index is 1.79. The number of ether oxygens (including phenoxy) is 1. The van der Waals surface area contributed by atoms with E-state index >= 15 is 0 Å². The van der Waals surface area contributed by atoms with E-state index in [1.807, 2.05) is 6.07 Å². The van der Waals surface area contributed by atoms with E-state index < -0.39 is 0 Å². The average molecular weight is 337 g/mol. The Morgan fingerprint density at radius 2 is 1.76 bits per heavy atom. The Morgan fingerprint density at radius 3 is 2.48 bits per heavy atom. The molecule has 2 aromatic carbocycles. The zero-order chi connectivity index (χ0) is 17.9. The van der Waals surface area contributed by atoms with Gasteiger partial charge < -0.3 is 4.74 Å². The first-order chi connectivity index (χ1) is 12.2. The van der Waals surface area contributed by atoms with Gasteiger partial charge in [-0.25, -0.2) is 0 Å². The maximum Gasteiger partial charge on any atom is 0.119 e. The number of hydrogen-bond donors (Lipinski definition) is 0. The minimum atomic E-state index is 0.718. The van der Waals surface area contributed by atoms with Crippen LogP contribution in [0.2, 0.25) is 0 Å². The molecule has 0 fully saturated rings. The Hall–Kier alpha value is -2.02. The first kappa shape index (κ1) is 19.3. The molecule has 2 aromatic rings. The normalized spacial score (nSPS) is 11.4. The summed E-state index contributed by atoms with van der Waals surface area (Å²) in [6.07, 6.45) is 10.0. The van der Waals surface area contributed by atoms with Gasteiger partial charge in [0.25, 0.3) is 0 Å². The third kappa shape index (κ3) is 7.60. The van der Waals surface area contributed by atoms with Gasteiger partial charge in [0, 0.05) is 0 Å². The summed E-state index contributed by atoms with van der Waals surface area (Å²) in [6.45, 7) is 7.52. The van der Waals surface area contributed by atoms with Gasteiger partial charge >= 0.3 is 0 Å². The second-order valence-electron chi connectivity index (χ2n) is 7.13. The molecule has 0 heterocycles. The molecule has 0 N–H and O–H groups in total. The third-order valence-corrected chi connectivity index (χ3v) is 4.20. The second kappa shape index (κ2) is 10.8. The molecule has 0 atom stereocenters. The van der Waals surface area contributed by atoms with Crippen molar-refractivity contribution in [3.05, 3.63) is 71.3 Å². The minimum absolute atomic E-state index is 0.718. The minimum Gasteiger partial charge on any atom is -0.494 e. The van der Waals surface area contributed by atoms with E-state index in [1.165, 1.54) is 16.7 Å². The zero-order valence-corrected chi connectivity index (χ0v) is 16.0. The van der Waals surface area contributed by atoms with Crippen LogP contribution >= 0.6 is 0 Å². The van der Waals surface area contributed by atoms with Crippen LogP contribution in [0.15, 0.2) is 54.6 Å². The fraction of sp³-hybridized carbons (Fsp3) is 0.417. The van der Waals surface area contributed by atoms with Gasteiger partial charge in [-0.1, -0.05) is 75.7 Å². The fourth-order valence-corrected chi connectivity index (χ4v) is 2.83. The molecule has 0 unspecified atom stereocenters. The number of allylic oxidation sites excluding steroid dienone is 1. The van der Waals surface area contributed by atoms with Crippen LogP contribution in [-0.4, -0.2) is 6.61 Å². The Morgan fingerprint density at radius 1 is 1.00 bits per heavy atom. The van der Waals surface area contributed by atoms with Crippen LogP contribution in [0, 0.1) is 5.92 Å². The molecule has 0 aliphatic rings. The Bertz CT molecular complexity index is 637. The highest BCUT2D eigenvalue weighted by Crippen LogP contribution is 2.16. The molecular formula is C24H32O. The summed E-state index contributed by atoms with van der Waals surface area (Å²) in [5.41, 5.74) is 4.06. The molecule has 134 valence electrons. The van der Waals surface area contributed by atoms with Gasteiger partial charge in [0.05, 0.1) is 6.61 Å². The summed E-state index contributed by atoms with van der Waals surface area (Å²) < 4.78 is 5.77. The molecule has 0 spiro atoms. The Kier molecular flexibility index (Phi) is 8.31. The molecular weight excluding hydrogens is 304 g/mol. The predicted molar refractivity (Wildman–Crippen MR) is 109 cm³/mol. The van der Waals surface area contributed by atoms with Crippen molar-refractivity contribution in [2.45, 2.75) is 52.9 Å². The van der Waals surface area contributed by atoms with Crippen LogP contribution in [0.4, 0.5) is 0 Å². The van der Waals surface area contributed by atoms with Gasteiger partial charge in [0.1, 0.15) is 5.75 Å². The largest absolute Gasteiger partial charge is 0.494 e. The summed E-state index contributed by atoms with van der Waals surface area (Å²) >= 11 is 0. The van der Waals surface area contributed by atoms with Crippen molar-refractivity contribution in [2.75, 3.05) is 6.61 Å². The molecule has 1 nitrogen and oxygen atoms in total. The SMILES string of the molecule is CCCCOc1cccc(C=CCCc2ccc(CC(C)C)cc2)c1. The van der Waals surface area contributed by atoms with E-state index in [0.717, 1.165) is 50.4 Å². The number of hydrogen-bond acceptors (Lipinski definition) is 1. The topological polar surface area (TPSA) is 9.23 Å². The van der Waals surface area contributed by atoms with Crippen molar-refractivity contribution in [1.29, 1.82) is 0 Å². The number of aryl methyl sites for hydroxylation is 1. The molecule has 0 saturated heterocycles. The first-order valence-electron chi connectivity index (χ1n) is 9.64. The lowest BCUT2D eigenvalue weighted by atomic mass is 10.0. The summed E-state index contributed by atoms with van der Waals surface area (Å²) in [5.74, 6) is 1.69. The average Bonchev–Trinajstić information content (AvgIpc) is 2.60. The van der Waals surface area contributed by atoms with Gasteiger partial charge in [-0.3, -0.25) is 0 Å². The van der Waals surface area contributed by atoms with Crippen molar-refractivity contribution in [3.8, 4) is 5.75 Å². The lowest BCUT2D eigenvalue weighted by Crippen LogP contribution is -1.96. The standard InChI is InChI=1S/C24H32O/c1-4-5-17-25-24-12-8-11-22(19-24)10-7-6-9-21-13-15-23(16-14-21)18-20(2)3/h7-8,10-16,19-20H,4-6,9,17-18H2,1-3H3. The summed E-state index contributed by atoms with van der Waals surface area (Å²) in [7, 11) is 0. The van der Waals surface area contributed by atoms with Gasteiger partial charge in [-0.05, 0) is 60.4 Å². The maximum atomic E-state index is 5.77. The summed E-state index contributed by atoms with van der Waals surface area (Å²) in [6, 6.07) is 17.4. The predicted octanol–water partition coefficient (Wildman–Crippen LogP) is 6.71. The molecule has 0 aliphatic heterocycles. The van der Waals surface area contributed by atoms with E-state index in [0.29, 0.717) is 0 Å². The lowest BCUT2D eigenvalue weighted by Gasteiger charge is -2.06. The molecule has 0 bridgehead atoms. The van der Waals surface area contributed by atoms with Gasteiger partial charge in [0.15, 0.2) is 0 Å². The molecule has 0 aliphatic carbocycles. The van der Waals surface area contributed by atoms with E-state index in [9.17, 15) is 0 Å². The Labute approximate surface area is 153 Å². The van der Waals surface area contributed by atoms with Crippen LogP contribution < -0.4 is 4.74 Å². The zero-order valence-electron chi connectivity index (χ0n) is 16.0. The van der Waals surface area contributed by atoms with E-state index in [2.05, 4.69) is 75.4 Å². The van der Waals surface area contributed by atoms with Crippen LogP contribution in [0.3, 0.4) is 0 Å². The summed E-state index contributed by atoms with van der Waals surface area (Å²) in [4.78, 5) is 0. The quantitative estimate of drug-likeness (QED) is 0.438. The number of unbranched alkanes of at least 4 members (excludes halogenated alkanes) is 1. The van der Waals surface area contributed by atoms with Crippen molar-refractivity contribution < 1.29 is 4.74 Å². The van der Waals surface area contributed by atoms with Crippen LogP contribution in [-0.2, 0) is 12.8 Å². The fourth-order valence-electron chi connectivity index (χ4n) is 2.83. The molecule has 0 saturated carbocycles. The van der Waals surface area contributed by atoms with E-state index in [1.54, 1.807) is 0 Å². The third-order valence-electron chi connectivity index (χ3n) is 4.20. The van der Waals surface area contributed by atoms with E-state index in [4.69, 9.17) is 4.74 Å². The van der Waals surface area contributed by atoms with Crippen molar-refractivity contribution in [3.63, 3.8) is 0 Å². The smallest absolute Gasteiger partial charge is 0.119 e. The summed E-state index contributed by atoms with van der Waals surface area (Å²) in [5, 5.41) is 0. The molecule has 1 heteroatoms. The van der Waals surface area contributed by atoms with Gasteiger partial charge in [-0.2, -0.15) is 0 Å². The monoisotopic (exact) mass is 336 g/mol. The molecule has 25 heavy (non-hydrogen) atoms. The second-order valence-corrected chi connectivity index (χ2v) is 7.13. The number of rotatable bonds is 10.